The fourth-order valence-electron chi connectivity index (χ4n) is 1.71. The molecular weight excluding hydrogens is 226 g/mol. The number of aromatic nitrogens is 1. The maximum atomic E-state index is 9.40. The van der Waals surface area contributed by atoms with Gasteiger partial charge in [-0.1, -0.05) is 12.1 Å². The molecule has 0 spiro atoms. The van der Waals surface area contributed by atoms with E-state index in [2.05, 4.69) is 11.1 Å². The highest BCUT2D eigenvalue weighted by molar-refractivity contribution is 5.28. The largest absolute Gasteiger partial charge is 0.489 e. The van der Waals surface area contributed by atoms with Crippen molar-refractivity contribution < 1.29 is 9.84 Å². The lowest BCUT2D eigenvalue weighted by Crippen LogP contribution is -1.97. The lowest BCUT2D eigenvalue weighted by molar-refractivity contribution is 0.199. The van der Waals surface area contributed by atoms with Crippen molar-refractivity contribution >= 4 is 0 Å². The number of benzene rings is 1. The van der Waals surface area contributed by atoms with Gasteiger partial charge in [0.25, 0.3) is 0 Å². The molecule has 0 saturated heterocycles. The number of rotatable bonds is 4. The predicted molar refractivity (Wildman–Crippen MR) is 70.4 cm³/mol. The zero-order valence-electron chi connectivity index (χ0n) is 10.6. The molecule has 0 unspecified atom stereocenters. The molecule has 0 amide bonds. The number of aryl methyl sites for hydroxylation is 1. The molecule has 94 valence electrons. The van der Waals surface area contributed by atoms with Gasteiger partial charge in [-0.25, -0.2) is 0 Å². The van der Waals surface area contributed by atoms with Crippen LogP contribution in [0.3, 0.4) is 0 Å². The lowest BCUT2D eigenvalue weighted by atomic mass is 10.1. The van der Waals surface area contributed by atoms with Crippen molar-refractivity contribution in [2.24, 2.45) is 0 Å². The second-order valence-electron chi connectivity index (χ2n) is 4.40. The summed E-state index contributed by atoms with van der Waals surface area (Å²) in [5.41, 5.74) is 3.06. The summed E-state index contributed by atoms with van der Waals surface area (Å²) in [4.78, 5) is 4.12. The van der Waals surface area contributed by atoms with Crippen molar-refractivity contribution in [1.82, 2.24) is 4.98 Å². The van der Waals surface area contributed by atoms with Crippen LogP contribution in [-0.4, -0.2) is 10.1 Å². The number of hydrogen-bond acceptors (Lipinski definition) is 3. The number of hydrogen-bond donors (Lipinski definition) is 1. The molecule has 1 aromatic carbocycles. The number of aliphatic hydroxyl groups is 1. The molecule has 0 radical (unpaired) electrons. The Balaban J connectivity index is 1.98. The summed E-state index contributed by atoms with van der Waals surface area (Å²) in [6.07, 6.45) is 3.18. The average Bonchev–Trinajstić information content (AvgIpc) is 2.37. The first-order valence-corrected chi connectivity index (χ1v) is 5.96. The van der Waals surface area contributed by atoms with Crippen molar-refractivity contribution in [2.75, 3.05) is 0 Å². The van der Waals surface area contributed by atoms with Crippen LogP contribution >= 0.6 is 0 Å². The topological polar surface area (TPSA) is 42.4 Å². The van der Waals surface area contributed by atoms with Crippen molar-refractivity contribution in [3.05, 3.63) is 59.4 Å². The minimum absolute atomic E-state index is 0.444. The Morgan fingerprint density at radius 2 is 1.94 bits per heavy atom. The van der Waals surface area contributed by atoms with Crippen molar-refractivity contribution in [3.63, 3.8) is 0 Å². The monoisotopic (exact) mass is 243 g/mol. The second kappa shape index (κ2) is 5.65. The Bertz CT molecular complexity index is 506. The van der Waals surface area contributed by atoms with Crippen LogP contribution in [0, 0.1) is 6.92 Å². The minimum atomic E-state index is -0.444. The van der Waals surface area contributed by atoms with Gasteiger partial charge in [-0.05, 0) is 43.2 Å². The molecule has 3 heteroatoms. The third kappa shape index (κ3) is 3.31. The van der Waals surface area contributed by atoms with Crippen molar-refractivity contribution in [3.8, 4) is 5.75 Å². The van der Waals surface area contributed by atoms with Gasteiger partial charge >= 0.3 is 0 Å². The Kier molecular flexibility index (Phi) is 3.95. The molecule has 0 saturated carbocycles. The zero-order valence-corrected chi connectivity index (χ0v) is 10.6. The van der Waals surface area contributed by atoms with Crippen LogP contribution in [0.4, 0.5) is 0 Å². The number of aliphatic hydroxyl groups excluding tert-OH is 1. The van der Waals surface area contributed by atoms with Crippen LogP contribution in [0.25, 0.3) is 0 Å². The van der Waals surface area contributed by atoms with E-state index in [1.807, 2.05) is 37.4 Å². The maximum absolute atomic E-state index is 9.40. The molecular formula is C15H17NO2. The maximum Gasteiger partial charge on any atom is 0.119 e. The van der Waals surface area contributed by atoms with Gasteiger partial charge in [-0.15, -0.1) is 0 Å². The van der Waals surface area contributed by atoms with Crippen molar-refractivity contribution in [2.45, 2.75) is 26.6 Å². The molecule has 0 aliphatic heterocycles. The van der Waals surface area contributed by atoms with Gasteiger partial charge in [0.2, 0.25) is 0 Å². The number of pyridine rings is 1. The van der Waals surface area contributed by atoms with Gasteiger partial charge in [0.05, 0.1) is 6.10 Å². The van der Waals surface area contributed by atoms with E-state index < -0.39 is 6.10 Å². The first-order valence-electron chi connectivity index (χ1n) is 5.96. The first kappa shape index (κ1) is 12.6. The molecule has 2 aromatic rings. The van der Waals surface area contributed by atoms with Gasteiger partial charge < -0.3 is 9.84 Å². The fraction of sp³-hybridized carbons (Fsp3) is 0.267. The highest BCUT2D eigenvalue weighted by Gasteiger charge is 2.01. The van der Waals surface area contributed by atoms with Crippen LogP contribution < -0.4 is 4.74 Å². The Morgan fingerprint density at radius 3 is 2.56 bits per heavy atom. The Labute approximate surface area is 107 Å². The van der Waals surface area contributed by atoms with E-state index in [1.165, 1.54) is 0 Å². The number of ether oxygens (including phenoxy) is 1. The molecule has 0 aliphatic rings. The van der Waals surface area contributed by atoms with E-state index in [1.54, 1.807) is 13.1 Å². The van der Waals surface area contributed by atoms with Gasteiger partial charge in [0, 0.05) is 18.0 Å². The Morgan fingerprint density at radius 1 is 1.22 bits per heavy atom. The van der Waals surface area contributed by atoms with Gasteiger partial charge in [0.1, 0.15) is 12.4 Å². The molecule has 1 atom stereocenters. The summed E-state index contributed by atoms with van der Waals surface area (Å²) in [6, 6.07) is 9.52. The van der Waals surface area contributed by atoms with Crippen LogP contribution in [0.2, 0.25) is 0 Å². The normalized spacial score (nSPS) is 12.2. The highest BCUT2D eigenvalue weighted by atomic mass is 16.5. The molecule has 3 nitrogen and oxygen atoms in total. The summed E-state index contributed by atoms with van der Waals surface area (Å²) in [7, 11) is 0. The van der Waals surface area contributed by atoms with Gasteiger partial charge in [0.15, 0.2) is 0 Å². The predicted octanol–water partition coefficient (Wildman–Crippen LogP) is 3.02. The number of nitrogens with zero attached hydrogens (tertiary/aromatic N) is 1. The van der Waals surface area contributed by atoms with Gasteiger partial charge in [-0.2, -0.15) is 0 Å². The van der Waals surface area contributed by atoms with Crippen LogP contribution in [0.15, 0.2) is 42.7 Å². The average molecular weight is 243 g/mol. The quantitative estimate of drug-likeness (QED) is 0.897. The van der Waals surface area contributed by atoms with E-state index in [-0.39, 0.29) is 0 Å². The van der Waals surface area contributed by atoms with E-state index in [4.69, 9.17) is 4.74 Å². The van der Waals surface area contributed by atoms with Crippen LogP contribution in [0.1, 0.15) is 29.7 Å². The summed E-state index contributed by atoms with van der Waals surface area (Å²) in [5, 5.41) is 9.40. The van der Waals surface area contributed by atoms with Gasteiger partial charge in [-0.3, -0.25) is 4.98 Å². The van der Waals surface area contributed by atoms with Crippen LogP contribution in [-0.2, 0) is 6.61 Å². The third-order valence-electron chi connectivity index (χ3n) is 2.70. The van der Waals surface area contributed by atoms with Crippen LogP contribution in [0.5, 0.6) is 5.75 Å². The summed E-state index contributed by atoms with van der Waals surface area (Å²) < 4.78 is 5.66. The molecule has 0 fully saturated rings. The van der Waals surface area contributed by atoms with E-state index in [0.717, 1.165) is 22.4 Å². The third-order valence-corrected chi connectivity index (χ3v) is 2.70. The molecule has 0 bridgehead atoms. The van der Waals surface area contributed by atoms with E-state index in [9.17, 15) is 5.11 Å². The molecule has 0 aliphatic carbocycles. The molecule has 1 heterocycles. The standard InChI is InChI=1S/C15H17NO2/c1-11-7-13(9-16-8-11)10-18-15-5-3-14(4-6-15)12(2)17/h3-9,12,17H,10H2,1-2H3/t12-/m0/s1. The highest BCUT2D eigenvalue weighted by Crippen LogP contribution is 2.18. The molecule has 1 N–H and O–H groups in total. The SMILES string of the molecule is Cc1cncc(COc2ccc([C@H](C)O)cc2)c1. The van der Waals surface area contributed by atoms with Crippen molar-refractivity contribution in [1.29, 1.82) is 0 Å². The summed E-state index contributed by atoms with van der Waals surface area (Å²) >= 11 is 0. The van der Waals surface area contributed by atoms with E-state index in [0.29, 0.717) is 6.61 Å². The smallest absolute Gasteiger partial charge is 0.119 e. The Hall–Kier alpha value is -1.87. The summed E-state index contributed by atoms with van der Waals surface area (Å²) in [5.74, 6) is 0.793. The molecule has 2 rings (SSSR count). The molecule has 1 aromatic heterocycles. The second-order valence-corrected chi connectivity index (χ2v) is 4.40. The lowest BCUT2D eigenvalue weighted by Gasteiger charge is -2.08. The molecule has 18 heavy (non-hydrogen) atoms. The first-order chi connectivity index (χ1) is 8.65. The fourth-order valence-corrected chi connectivity index (χ4v) is 1.71. The zero-order chi connectivity index (χ0) is 13.0. The minimum Gasteiger partial charge on any atom is -0.489 e. The van der Waals surface area contributed by atoms with E-state index >= 15 is 0 Å². The summed E-state index contributed by atoms with van der Waals surface area (Å²) in [6.45, 7) is 4.25.